The topological polar surface area (TPSA) is 98.5 Å². The third-order valence-electron chi connectivity index (χ3n) is 3.63. The lowest BCUT2D eigenvalue weighted by Crippen LogP contribution is -2.42. The third kappa shape index (κ3) is 3.74. The van der Waals surface area contributed by atoms with Crippen LogP contribution in [0.5, 0.6) is 5.75 Å². The van der Waals surface area contributed by atoms with E-state index in [1.165, 1.54) is 12.1 Å². The zero-order chi connectivity index (χ0) is 15.5. The van der Waals surface area contributed by atoms with E-state index in [9.17, 15) is 13.2 Å². The van der Waals surface area contributed by atoms with Crippen molar-refractivity contribution in [1.82, 2.24) is 4.72 Å². The van der Waals surface area contributed by atoms with E-state index in [0.29, 0.717) is 25.2 Å². The zero-order valence-electron chi connectivity index (χ0n) is 11.9. The molecule has 0 aromatic heterocycles. The highest BCUT2D eigenvalue weighted by molar-refractivity contribution is 7.89. The molecule has 1 aliphatic rings. The van der Waals surface area contributed by atoms with Crippen LogP contribution in [-0.4, -0.2) is 27.0 Å². The average Bonchev–Trinajstić information content (AvgIpc) is 2.87. The van der Waals surface area contributed by atoms with Crippen LogP contribution in [0.15, 0.2) is 29.2 Å². The van der Waals surface area contributed by atoms with Crippen LogP contribution in [0, 0.1) is 5.92 Å². The van der Waals surface area contributed by atoms with E-state index in [-0.39, 0.29) is 4.90 Å². The fraction of sp³-hybridized carbons (Fsp3) is 0.500. The van der Waals surface area contributed by atoms with Gasteiger partial charge in [0, 0.05) is 6.04 Å². The second-order valence-electron chi connectivity index (χ2n) is 5.07. The average molecular weight is 312 g/mol. The second-order valence-corrected chi connectivity index (χ2v) is 6.79. The quantitative estimate of drug-likeness (QED) is 0.819. The van der Waals surface area contributed by atoms with Gasteiger partial charge < -0.3 is 10.5 Å². The van der Waals surface area contributed by atoms with Crippen molar-refractivity contribution in [2.45, 2.75) is 37.1 Å². The van der Waals surface area contributed by atoms with Gasteiger partial charge in [0.1, 0.15) is 5.75 Å². The Morgan fingerprint density at radius 1 is 1.33 bits per heavy atom. The van der Waals surface area contributed by atoms with Gasteiger partial charge in [0.05, 0.1) is 17.4 Å². The maximum atomic E-state index is 12.3. The van der Waals surface area contributed by atoms with Gasteiger partial charge in [-0.25, -0.2) is 13.1 Å². The maximum Gasteiger partial charge on any atom is 0.240 e. The largest absolute Gasteiger partial charge is 0.494 e. The zero-order valence-corrected chi connectivity index (χ0v) is 12.7. The second kappa shape index (κ2) is 6.44. The van der Waals surface area contributed by atoms with Crippen LogP contribution >= 0.6 is 0 Å². The Labute approximate surface area is 124 Å². The van der Waals surface area contributed by atoms with Crippen molar-refractivity contribution in [3.8, 4) is 5.75 Å². The minimum Gasteiger partial charge on any atom is -0.494 e. The molecule has 0 saturated heterocycles. The molecule has 1 amide bonds. The number of carbonyl (C=O) groups excluding carboxylic acids is 1. The van der Waals surface area contributed by atoms with Crippen LogP contribution in [0.2, 0.25) is 0 Å². The number of ether oxygens (including phenoxy) is 1. The summed E-state index contributed by atoms with van der Waals surface area (Å²) in [5.74, 6) is -0.262. The predicted molar refractivity (Wildman–Crippen MR) is 78.3 cm³/mol. The molecule has 6 nitrogen and oxygen atoms in total. The van der Waals surface area contributed by atoms with Gasteiger partial charge in [-0.05, 0) is 44.0 Å². The van der Waals surface area contributed by atoms with Crippen molar-refractivity contribution in [3.05, 3.63) is 24.3 Å². The van der Waals surface area contributed by atoms with E-state index >= 15 is 0 Å². The van der Waals surface area contributed by atoms with Crippen LogP contribution in [0.3, 0.4) is 0 Å². The molecule has 0 bridgehead atoms. The van der Waals surface area contributed by atoms with Crippen molar-refractivity contribution in [2.24, 2.45) is 11.7 Å². The van der Waals surface area contributed by atoms with Gasteiger partial charge >= 0.3 is 0 Å². The van der Waals surface area contributed by atoms with Crippen molar-refractivity contribution >= 4 is 15.9 Å². The summed E-state index contributed by atoms with van der Waals surface area (Å²) in [6.45, 7) is 2.38. The van der Waals surface area contributed by atoms with Crippen LogP contribution in [0.1, 0.15) is 26.2 Å². The fourth-order valence-electron chi connectivity index (χ4n) is 2.59. The third-order valence-corrected chi connectivity index (χ3v) is 5.14. The first-order valence-corrected chi connectivity index (χ1v) is 8.47. The molecule has 0 spiro atoms. The summed E-state index contributed by atoms with van der Waals surface area (Å²) in [5.41, 5.74) is 5.31. The highest BCUT2D eigenvalue weighted by atomic mass is 32.2. The summed E-state index contributed by atoms with van der Waals surface area (Å²) < 4.78 is 32.5. The number of nitrogens with one attached hydrogen (secondary N) is 1. The first kappa shape index (κ1) is 15.8. The molecule has 1 aromatic rings. The van der Waals surface area contributed by atoms with Gasteiger partial charge in [0.25, 0.3) is 0 Å². The summed E-state index contributed by atoms with van der Waals surface area (Å²) in [6, 6.07) is 5.78. The standard InChI is InChI=1S/C14H20N2O4S/c1-2-20-10-6-8-11(9-7-10)21(18,19)16-13-5-3-4-12(13)14(15)17/h6-9,12-13,16H,2-5H2,1H3,(H2,15,17)/t12-,13+/m0/s1. The molecular formula is C14H20N2O4S. The van der Waals surface area contributed by atoms with Crippen molar-refractivity contribution in [2.75, 3.05) is 6.61 Å². The number of sulfonamides is 1. The van der Waals surface area contributed by atoms with Gasteiger partial charge in [0.2, 0.25) is 15.9 Å². The van der Waals surface area contributed by atoms with Crippen molar-refractivity contribution < 1.29 is 17.9 Å². The number of primary amides is 1. The molecule has 3 N–H and O–H groups in total. The van der Waals surface area contributed by atoms with Crippen LogP contribution in [0.4, 0.5) is 0 Å². The van der Waals surface area contributed by atoms with Crippen molar-refractivity contribution in [3.63, 3.8) is 0 Å². The first-order chi connectivity index (χ1) is 9.94. The summed E-state index contributed by atoms with van der Waals surface area (Å²) in [4.78, 5) is 11.5. The fourth-order valence-corrected chi connectivity index (χ4v) is 3.90. The minimum atomic E-state index is -3.66. The van der Waals surface area contributed by atoms with Crippen LogP contribution in [-0.2, 0) is 14.8 Å². The highest BCUT2D eigenvalue weighted by Gasteiger charge is 2.34. The summed E-state index contributed by atoms with van der Waals surface area (Å²) >= 11 is 0. The highest BCUT2D eigenvalue weighted by Crippen LogP contribution is 2.27. The van der Waals surface area contributed by atoms with Crippen LogP contribution in [0.25, 0.3) is 0 Å². The molecule has 2 atom stereocenters. The van der Waals surface area contributed by atoms with Gasteiger partial charge in [-0.3, -0.25) is 4.79 Å². The Morgan fingerprint density at radius 3 is 2.57 bits per heavy atom. The Bertz CT molecular complexity index is 598. The van der Waals surface area contributed by atoms with E-state index in [1.54, 1.807) is 12.1 Å². The molecule has 0 heterocycles. The lowest BCUT2D eigenvalue weighted by atomic mass is 10.0. The van der Waals surface area contributed by atoms with E-state index in [1.807, 2.05) is 6.92 Å². The molecule has 1 saturated carbocycles. The number of nitrogens with two attached hydrogens (primary N) is 1. The Kier molecular flexibility index (Phi) is 4.84. The minimum absolute atomic E-state index is 0.154. The lowest BCUT2D eigenvalue weighted by Gasteiger charge is -2.18. The SMILES string of the molecule is CCOc1ccc(S(=O)(=O)N[C@@H]2CCC[C@@H]2C(N)=O)cc1. The van der Waals surface area contributed by atoms with E-state index < -0.39 is 27.9 Å². The lowest BCUT2D eigenvalue weighted by molar-refractivity contribution is -0.122. The molecule has 1 fully saturated rings. The number of carbonyl (C=O) groups is 1. The van der Waals surface area contributed by atoms with E-state index in [0.717, 1.165) is 6.42 Å². The molecular weight excluding hydrogens is 292 g/mol. The molecule has 0 unspecified atom stereocenters. The normalized spacial score (nSPS) is 22.1. The van der Waals surface area contributed by atoms with Crippen molar-refractivity contribution in [1.29, 1.82) is 0 Å². The summed E-state index contributed by atoms with van der Waals surface area (Å²) in [5, 5.41) is 0. The monoisotopic (exact) mass is 312 g/mol. The summed E-state index contributed by atoms with van der Waals surface area (Å²) in [6.07, 6.45) is 2.06. The molecule has 7 heteroatoms. The van der Waals surface area contributed by atoms with Gasteiger partial charge in [-0.1, -0.05) is 6.42 Å². The molecule has 0 aliphatic heterocycles. The van der Waals surface area contributed by atoms with Crippen LogP contribution < -0.4 is 15.2 Å². The van der Waals surface area contributed by atoms with Gasteiger partial charge in [0.15, 0.2) is 0 Å². The molecule has 116 valence electrons. The Morgan fingerprint density at radius 2 is 2.00 bits per heavy atom. The Balaban J connectivity index is 2.12. The van der Waals surface area contributed by atoms with Gasteiger partial charge in [-0.15, -0.1) is 0 Å². The number of amides is 1. The predicted octanol–water partition coefficient (Wildman–Crippen LogP) is 1.02. The van der Waals surface area contributed by atoms with E-state index in [2.05, 4.69) is 4.72 Å². The number of hydrogen-bond acceptors (Lipinski definition) is 4. The smallest absolute Gasteiger partial charge is 0.240 e. The molecule has 21 heavy (non-hydrogen) atoms. The number of benzene rings is 1. The number of hydrogen-bond donors (Lipinski definition) is 2. The van der Waals surface area contributed by atoms with Gasteiger partial charge in [-0.2, -0.15) is 0 Å². The Hall–Kier alpha value is -1.60. The molecule has 1 aromatic carbocycles. The molecule has 2 rings (SSSR count). The first-order valence-electron chi connectivity index (χ1n) is 6.98. The number of rotatable bonds is 6. The molecule has 1 aliphatic carbocycles. The summed E-state index contributed by atoms with van der Waals surface area (Å²) in [7, 11) is -3.66. The maximum absolute atomic E-state index is 12.3. The van der Waals surface area contributed by atoms with E-state index in [4.69, 9.17) is 10.5 Å². The molecule has 0 radical (unpaired) electrons.